The summed E-state index contributed by atoms with van der Waals surface area (Å²) in [5, 5.41) is 15.6. The number of rotatable bonds is 5. The van der Waals surface area contributed by atoms with Crippen LogP contribution in [0.5, 0.6) is 0 Å². The van der Waals surface area contributed by atoms with E-state index >= 15 is 0 Å². The molecule has 1 unspecified atom stereocenters. The zero-order chi connectivity index (χ0) is 15.0. The smallest absolute Gasteiger partial charge is 0.131 e. The molecule has 1 N–H and O–H groups in total. The average Bonchev–Trinajstić information content (AvgIpc) is 3.09. The Hall–Kier alpha value is -0.880. The molecule has 114 valence electrons. The zero-order valence-electron chi connectivity index (χ0n) is 12.3. The molecule has 2 aromatic heterocycles. The van der Waals surface area contributed by atoms with Gasteiger partial charge in [0.05, 0.1) is 23.5 Å². The fourth-order valence-corrected chi connectivity index (χ4v) is 4.23. The summed E-state index contributed by atoms with van der Waals surface area (Å²) in [7, 11) is 4.04. The molecule has 6 heteroatoms. The van der Waals surface area contributed by atoms with Gasteiger partial charge in [-0.15, -0.1) is 11.3 Å². The molecule has 4 nitrogen and oxygen atoms in total. The lowest BCUT2D eigenvalue weighted by Gasteiger charge is -2.15. The summed E-state index contributed by atoms with van der Waals surface area (Å²) >= 11 is 7.96. The lowest BCUT2D eigenvalue weighted by atomic mass is 10.1. The Kier molecular flexibility index (Phi) is 4.36. The molecule has 0 bridgehead atoms. The monoisotopic (exact) mass is 325 g/mol. The van der Waals surface area contributed by atoms with Crippen LogP contribution in [0.25, 0.3) is 0 Å². The summed E-state index contributed by atoms with van der Waals surface area (Å²) in [6.07, 6.45) is 4.44. The molecular weight excluding hydrogens is 306 g/mol. The van der Waals surface area contributed by atoms with E-state index < -0.39 is 6.10 Å². The number of hydrogen-bond donors (Lipinski definition) is 1. The summed E-state index contributed by atoms with van der Waals surface area (Å²) in [6, 6.07) is 2.14. The maximum absolute atomic E-state index is 10.7. The largest absolute Gasteiger partial charge is 0.381 e. The SMILES string of the molecule is CN(C)CCn1ncc(Cl)c1C(O)c1cc2c(s1)CCC2. The van der Waals surface area contributed by atoms with Crippen molar-refractivity contribution in [1.29, 1.82) is 0 Å². The van der Waals surface area contributed by atoms with Gasteiger partial charge in [-0.05, 0) is 45.0 Å². The summed E-state index contributed by atoms with van der Waals surface area (Å²) in [5.74, 6) is 0. The van der Waals surface area contributed by atoms with Crippen molar-refractivity contribution in [3.63, 3.8) is 0 Å². The standard InChI is InChI=1S/C15H20ClN3OS/c1-18(2)6-7-19-14(11(16)9-17-19)15(20)13-8-10-4-3-5-12(10)21-13/h8-9,15,20H,3-7H2,1-2H3. The minimum absolute atomic E-state index is 0.537. The maximum Gasteiger partial charge on any atom is 0.131 e. The van der Waals surface area contributed by atoms with Crippen molar-refractivity contribution in [2.75, 3.05) is 20.6 Å². The van der Waals surface area contributed by atoms with E-state index in [1.54, 1.807) is 17.5 Å². The van der Waals surface area contributed by atoms with Gasteiger partial charge in [-0.2, -0.15) is 5.10 Å². The number of aliphatic hydroxyl groups is 1. The fraction of sp³-hybridized carbons (Fsp3) is 0.533. The van der Waals surface area contributed by atoms with Gasteiger partial charge in [-0.1, -0.05) is 11.6 Å². The predicted octanol–water partition coefficient (Wildman–Crippen LogP) is 2.73. The number of aromatic nitrogens is 2. The number of aryl methyl sites for hydroxylation is 2. The molecule has 21 heavy (non-hydrogen) atoms. The Morgan fingerprint density at radius 2 is 2.29 bits per heavy atom. The number of hydrogen-bond acceptors (Lipinski definition) is 4. The highest BCUT2D eigenvalue weighted by molar-refractivity contribution is 7.12. The van der Waals surface area contributed by atoms with Crippen LogP contribution < -0.4 is 0 Å². The molecule has 1 aliphatic rings. The summed E-state index contributed by atoms with van der Waals surface area (Å²) in [6.45, 7) is 1.58. The number of fused-ring (bicyclic) bond motifs is 1. The molecule has 0 spiro atoms. The quantitative estimate of drug-likeness (QED) is 0.919. The third-order valence-corrected chi connectivity index (χ3v) is 5.47. The minimum Gasteiger partial charge on any atom is -0.381 e. The number of halogens is 1. The van der Waals surface area contributed by atoms with Crippen molar-refractivity contribution in [2.24, 2.45) is 0 Å². The lowest BCUT2D eigenvalue weighted by Crippen LogP contribution is -2.21. The Labute approximate surface area is 134 Å². The third kappa shape index (κ3) is 3.01. The second-order valence-corrected chi connectivity index (χ2v) is 7.33. The summed E-state index contributed by atoms with van der Waals surface area (Å²) in [4.78, 5) is 4.48. The molecule has 2 aromatic rings. The van der Waals surface area contributed by atoms with Crippen LogP contribution in [0, 0.1) is 0 Å². The zero-order valence-corrected chi connectivity index (χ0v) is 13.9. The van der Waals surface area contributed by atoms with E-state index in [-0.39, 0.29) is 0 Å². The van der Waals surface area contributed by atoms with E-state index in [0.29, 0.717) is 10.7 Å². The van der Waals surface area contributed by atoms with Gasteiger partial charge < -0.3 is 10.0 Å². The van der Waals surface area contributed by atoms with Crippen molar-refractivity contribution >= 4 is 22.9 Å². The molecule has 1 atom stereocenters. The first-order chi connectivity index (χ1) is 10.1. The van der Waals surface area contributed by atoms with Crippen molar-refractivity contribution in [3.8, 4) is 0 Å². The molecule has 2 heterocycles. The molecule has 0 saturated carbocycles. The molecule has 0 radical (unpaired) electrons. The van der Waals surface area contributed by atoms with E-state index in [0.717, 1.165) is 30.8 Å². The Balaban J connectivity index is 1.86. The van der Waals surface area contributed by atoms with Crippen LogP contribution in [-0.2, 0) is 19.4 Å². The van der Waals surface area contributed by atoms with Crippen molar-refractivity contribution < 1.29 is 5.11 Å². The lowest BCUT2D eigenvalue weighted by molar-refractivity contribution is 0.209. The topological polar surface area (TPSA) is 41.3 Å². The van der Waals surface area contributed by atoms with Crippen molar-refractivity contribution in [1.82, 2.24) is 14.7 Å². The molecule has 3 rings (SSSR count). The van der Waals surface area contributed by atoms with Crippen LogP contribution >= 0.6 is 22.9 Å². The summed E-state index contributed by atoms with van der Waals surface area (Å²) in [5.41, 5.74) is 2.10. The second kappa shape index (κ2) is 6.08. The van der Waals surface area contributed by atoms with Crippen molar-refractivity contribution in [3.05, 3.63) is 38.3 Å². The summed E-state index contributed by atoms with van der Waals surface area (Å²) < 4.78 is 1.82. The van der Waals surface area contributed by atoms with Gasteiger partial charge in [0.2, 0.25) is 0 Å². The van der Waals surface area contributed by atoms with E-state index in [1.807, 2.05) is 18.8 Å². The fourth-order valence-electron chi connectivity index (χ4n) is 2.74. The minimum atomic E-state index is -0.683. The van der Waals surface area contributed by atoms with Gasteiger partial charge in [0, 0.05) is 16.3 Å². The van der Waals surface area contributed by atoms with Gasteiger partial charge in [-0.3, -0.25) is 4.68 Å². The normalized spacial score (nSPS) is 15.7. The van der Waals surface area contributed by atoms with Crippen LogP contribution in [-0.4, -0.2) is 40.4 Å². The number of nitrogens with zero attached hydrogens (tertiary/aromatic N) is 3. The first-order valence-corrected chi connectivity index (χ1v) is 8.41. The van der Waals surface area contributed by atoms with Crippen LogP contribution in [0.4, 0.5) is 0 Å². The molecule has 1 aliphatic carbocycles. The van der Waals surface area contributed by atoms with Gasteiger partial charge in [0.1, 0.15) is 6.10 Å². The van der Waals surface area contributed by atoms with Gasteiger partial charge >= 0.3 is 0 Å². The molecule has 0 aromatic carbocycles. The van der Waals surface area contributed by atoms with Gasteiger partial charge in [0.25, 0.3) is 0 Å². The van der Waals surface area contributed by atoms with Crippen LogP contribution in [0.15, 0.2) is 12.3 Å². The first-order valence-electron chi connectivity index (χ1n) is 7.21. The van der Waals surface area contributed by atoms with Gasteiger partial charge in [0.15, 0.2) is 0 Å². The van der Waals surface area contributed by atoms with Gasteiger partial charge in [-0.25, -0.2) is 0 Å². The molecule has 0 aliphatic heterocycles. The number of aliphatic hydroxyl groups excluding tert-OH is 1. The van der Waals surface area contributed by atoms with E-state index in [1.165, 1.54) is 16.9 Å². The molecule has 0 fully saturated rings. The molecule has 0 saturated heterocycles. The van der Waals surface area contributed by atoms with Crippen LogP contribution in [0.1, 0.15) is 33.5 Å². The third-order valence-electron chi connectivity index (χ3n) is 3.89. The van der Waals surface area contributed by atoms with E-state index in [2.05, 4.69) is 16.1 Å². The Morgan fingerprint density at radius 1 is 1.48 bits per heavy atom. The number of likely N-dealkylation sites (N-methyl/N-ethyl adjacent to an activating group) is 1. The number of thiophene rings is 1. The molecular formula is C15H20ClN3OS. The predicted molar refractivity (Wildman–Crippen MR) is 86.2 cm³/mol. The maximum atomic E-state index is 10.7. The molecule has 0 amide bonds. The first kappa shape index (κ1) is 15.0. The Bertz CT molecular complexity index is 613. The average molecular weight is 326 g/mol. The van der Waals surface area contributed by atoms with Crippen LogP contribution in [0.3, 0.4) is 0 Å². The Morgan fingerprint density at radius 3 is 3.00 bits per heavy atom. The van der Waals surface area contributed by atoms with E-state index in [4.69, 9.17) is 11.6 Å². The van der Waals surface area contributed by atoms with E-state index in [9.17, 15) is 5.11 Å². The van der Waals surface area contributed by atoms with Crippen molar-refractivity contribution in [2.45, 2.75) is 31.9 Å². The highest BCUT2D eigenvalue weighted by Crippen LogP contribution is 2.37. The highest BCUT2D eigenvalue weighted by Gasteiger charge is 2.24. The van der Waals surface area contributed by atoms with Crippen LogP contribution in [0.2, 0.25) is 5.02 Å². The highest BCUT2D eigenvalue weighted by atomic mass is 35.5. The second-order valence-electron chi connectivity index (χ2n) is 5.76.